The summed E-state index contributed by atoms with van der Waals surface area (Å²) in [6.45, 7) is 0.455. The Balaban J connectivity index is 1.71. The molecule has 1 aromatic carbocycles. The normalized spacial score (nSPS) is 12.4. The van der Waals surface area contributed by atoms with E-state index in [4.69, 9.17) is 4.42 Å². The van der Waals surface area contributed by atoms with Crippen LogP contribution in [-0.4, -0.2) is 41.2 Å². The molecule has 0 aliphatic carbocycles. The van der Waals surface area contributed by atoms with E-state index in [0.29, 0.717) is 17.4 Å². The summed E-state index contributed by atoms with van der Waals surface area (Å²) in [5.41, 5.74) is 0.484. The van der Waals surface area contributed by atoms with Gasteiger partial charge in [-0.25, -0.2) is 0 Å². The first-order valence-corrected chi connectivity index (χ1v) is 7.97. The number of carbonyl (C=O) groups excluding carboxylic acids is 1. The number of hydrogen-bond donors (Lipinski definition) is 1. The van der Waals surface area contributed by atoms with Crippen molar-refractivity contribution in [2.75, 3.05) is 20.6 Å². The summed E-state index contributed by atoms with van der Waals surface area (Å²) < 4.78 is 6.96. The Bertz CT molecular complexity index is 915. The molecule has 25 heavy (non-hydrogen) atoms. The van der Waals surface area contributed by atoms with Gasteiger partial charge < -0.3 is 9.73 Å². The second-order valence-electron chi connectivity index (χ2n) is 5.98. The van der Waals surface area contributed by atoms with Gasteiger partial charge in [0, 0.05) is 11.9 Å². The Labute approximate surface area is 144 Å². The Kier molecular flexibility index (Phi) is 4.95. The van der Waals surface area contributed by atoms with Crippen molar-refractivity contribution < 1.29 is 9.21 Å². The third-order valence-corrected chi connectivity index (χ3v) is 4.04. The highest BCUT2D eigenvalue weighted by Crippen LogP contribution is 2.17. The lowest BCUT2D eigenvalue weighted by atomic mass is 10.2. The van der Waals surface area contributed by atoms with Gasteiger partial charge in [-0.05, 0) is 38.4 Å². The molecule has 1 amide bonds. The molecule has 130 valence electrons. The molecule has 0 spiro atoms. The van der Waals surface area contributed by atoms with E-state index in [1.807, 2.05) is 37.2 Å². The third-order valence-electron chi connectivity index (χ3n) is 4.04. The average Bonchev–Trinajstić information content (AvgIpc) is 3.12. The van der Waals surface area contributed by atoms with E-state index in [2.05, 4.69) is 10.4 Å². The van der Waals surface area contributed by atoms with Crippen molar-refractivity contribution in [1.29, 1.82) is 0 Å². The van der Waals surface area contributed by atoms with Gasteiger partial charge in [-0.15, -0.1) is 0 Å². The fourth-order valence-corrected chi connectivity index (χ4v) is 2.71. The number of aromatic nitrogens is 2. The summed E-state index contributed by atoms with van der Waals surface area (Å²) in [5.74, 6) is 0.608. The zero-order chi connectivity index (χ0) is 17.8. The lowest BCUT2D eigenvalue weighted by Gasteiger charge is -2.22. The minimum absolute atomic E-state index is 0.0408. The van der Waals surface area contributed by atoms with Crippen LogP contribution in [0.25, 0.3) is 10.9 Å². The average molecular weight is 340 g/mol. The molecule has 0 saturated heterocycles. The van der Waals surface area contributed by atoms with Crippen LogP contribution >= 0.6 is 0 Å². The Morgan fingerprint density at radius 1 is 1.28 bits per heavy atom. The number of nitrogens with zero attached hydrogens (tertiary/aromatic N) is 3. The Hall–Kier alpha value is -2.93. The van der Waals surface area contributed by atoms with Crippen LogP contribution in [0.5, 0.6) is 0 Å². The predicted octanol–water partition coefficient (Wildman–Crippen LogP) is 1.41. The van der Waals surface area contributed by atoms with Crippen molar-refractivity contribution in [3.05, 3.63) is 64.8 Å². The van der Waals surface area contributed by atoms with Gasteiger partial charge >= 0.3 is 0 Å². The molecule has 2 heterocycles. The second-order valence-corrected chi connectivity index (χ2v) is 5.98. The van der Waals surface area contributed by atoms with Gasteiger partial charge in [-0.1, -0.05) is 12.1 Å². The molecule has 1 atom stereocenters. The maximum atomic E-state index is 12.3. The monoisotopic (exact) mass is 340 g/mol. The van der Waals surface area contributed by atoms with Gasteiger partial charge in [0.1, 0.15) is 12.3 Å². The quantitative estimate of drug-likeness (QED) is 0.734. The van der Waals surface area contributed by atoms with Crippen LogP contribution < -0.4 is 10.7 Å². The predicted molar refractivity (Wildman–Crippen MR) is 94.1 cm³/mol. The van der Waals surface area contributed by atoms with Crippen LogP contribution in [0.2, 0.25) is 0 Å². The number of likely N-dealkylation sites (N-methyl/N-ethyl adjacent to an activating group) is 1. The lowest BCUT2D eigenvalue weighted by Crippen LogP contribution is -2.36. The molecule has 0 aliphatic rings. The fraction of sp³-hybridized carbons (Fsp3) is 0.278. The molecule has 0 bridgehead atoms. The highest BCUT2D eigenvalue weighted by Gasteiger charge is 2.18. The molecule has 3 rings (SSSR count). The lowest BCUT2D eigenvalue weighted by molar-refractivity contribution is -0.122. The van der Waals surface area contributed by atoms with Crippen LogP contribution in [0.15, 0.2) is 58.1 Å². The van der Waals surface area contributed by atoms with E-state index in [1.54, 1.807) is 24.5 Å². The van der Waals surface area contributed by atoms with Crippen molar-refractivity contribution in [2.24, 2.45) is 0 Å². The van der Waals surface area contributed by atoms with Crippen LogP contribution in [-0.2, 0) is 11.3 Å². The topological polar surface area (TPSA) is 80.4 Å². The molecule has 0 aliphatic heterocycles. The van der Waals surface area contributed by atoms with Crippen molar-refractivity contribution in [3.63, 3.8) is 0 Å². The summed E-state index contributed by atoms with van der Waals surface area (Å²) >= 11 is 0. The Morgan fingerprint density at radius 2 is 2.08 bits per heavy atom. The van der Waals surface area contributed by atoms with E-state index in [9.17, 15) is 9.59 Å². The molecular weight excluding hydrogens is 320 g/mol. The molecular formula is C18H20N4O3. The smallest absolute Gasteiger partial charge is 0.241 e. The maximum Gasteiger partial charge on any atom is 0.241 e. The minimum atomic E-state index is -0.181. The number of carbonyl (C=O) groups is 1. The number of nitrogens with one attached hydrogen (secondary N) is 1. The summed E-state index contributed by atoms with van der Waals surface area (Å²) in [6.07, 6.45) is 2.85. The number of amides is 1. The molecule has 7 heteroatoms. The number of furan rings is 1. The summed E-state index contributed by atoms with van der Waals surface area (Å²) in [4.78, 5) is 26.2. The van der Waals surface area contributed by atoms with Gasteiger partial charge in [0.15, 0.2) is 0 Å². The van der Waals surface area contributed by atoms with Gasteiger partial charge in [-0.3, -0.25) is 19.2 Å². The zero-order valence-electron chi connectivity index (χ0n) is 14.2. The van der Waals surface area contributed by atoms with E-state index < -0.39 is 0 Å². The van der Waals surface area contributed by atoms with Crippen molar-refractivity contribution in [1.82, 2.24) is 20.0 Å². The van der Waals surface area contributed by atoms with Crippen molar-refractivity contribution in [2.45, 2.75) is 12.6 Å². The highest BCUT2D eigenvalue weighted by atomic mass is 16.3. The van der Waals surface area contributed by atoms with Crippen molar-refractivity contribution in [3.8, 4) is 0 Å². The van der Waals surface area contributed by atoms with Crippen LogP contribution in [0.3, 0.4) is 0 Å². The van der Waals surface area contributed by atoms with E-state index in [0.717, 1.165) is 5.76 Å². The summed E-state index contributed by atoms with van der Waals surface area (Å²) in [7, 11) is 3.85. The first kappa shape index (κ1) is 16.9. The second kappa shape index (κ2) is 7.31. The number of benzene rings is 1. The van der Waals surface area contributed by atoms with Crippen LogP contribution in [0.1, 0.15) is 11.8 Å². The molecule has 0 saturated carbocycles. The molecule has 0 fully saturated rings. The maximum absolute atomic E-state index is 12.3. The van der Waals surface area contributed by atoms with E-state index in [1.165, 1.54) is 10.9 Å². The molecule has 7 nitrogen and oxygen atoms in total. The molecule has 0 radical (unpaired) electrons. The molecule has 3 aromatic rings. The van der Waals surface area contributed by atoms with Crippen molar-refractivity contribution >= 4 is 16.8 Å². The SMILES string of the molecule is CN(C)C(CNC(=O)Cn1ncc(=O)c2ccccc21)c1ccco1. The molecule has 1 N–H and O–H groups in total. The van der Waals surface area contributed by atoms with Crippen LogP contribution in [0, 0.1) is 0 Å². The number of hydrogen-bond acceptors (Lipinski definition) is 5. The third kappa shape index (κ3) is 3.77. The highest BCUT2D eigenvalue weighted by molar-refractivity contribution is 5.81. The standard InChI is InChI=1S/C18H20N4O3/c1-21(2)15(17-8-5-9-25-17)10-19-18(24)12-22-14-7-4-3-6-13(14)16(23)11-20-22/h3-9,11,15H,10,12H2,1-2H3,(H,19,24). The van der Waals surface area contributed by atoms with E-state index >= 15 is 0 Å². The fourth-order valence-electron chi connectivity index (χ4n) is 2.71. The van der Waals surface area contributed by atoms with Gasteiger partial charge in [0.2, 0.25) is 11.3 Å². The number of fused-ring (bicyclic) bond motifs is 1. The van der Waals surface area contributed by atoms with Gasteiger partial charge in [0.25, 0.3) is 0 Å². The summed E-state index contributed by atoms with van der Waals surface area (Å²) in [6, 6.07) is 10.8. The molecule has 1 unspecified atom stereocenters. The minimum Gasteiger partial charge on any atom is -0.468 e. The first-order valence-electron chi connectivity index (χ1n) is 7.97. The Morgan fingerprint density at radius 3 is 2.80 bits per heavy atom. The van der Waals surface area contributed by atoms with Crippen LogP contribution in [0.4, 0.5) is 0 Å². The largest absolute Gasteiger partial charge is 0.468 e. The molecule has 2 aromatic heterocycles. The summed E-state index contributed by atoms with van der Waals surface area (Å²) in [5, 5.41) is 7.52. The van der Waals surface area contributed by atoms with Gasteiger partial charge in [0.05, 0.1) is 24.0 Å². The number of rotatable bonds is 6. The first-order chi connectivity index (χ1) is 12.1. The number of para-hydroxylation sites is 1. The van der Waals surface area contributed by atoms with E-state index in [-0.39, 0.29) is 23.9 Å². The van der Waals surface area contributed by atoms with Gasteiger partial charge in [-0.2, -0.15) is 5.10 Å². The zero-order valence-corrected chi connectivity index (χ0v) is 14.2.